The van der Waals surface area contributed by atoms with Crippen molar-refractivity contribution in [2.75, 3.05) is 12.4 Å². The first-order chi connectivity index (χ1) is 16.1. The van der Waals surface area contributed by atoms with Crippen molar-refractivity contribution >= 4 is 45.7 Å². The molecule has 4 aromatic rings. The molecular formula is C27H22N2O3S. The molecule has 33 heavy (non-hydrogen) atoms. The zero-order valence-corrected chi connectivity index (χ0v) is 18.9. The van der Waals surface area contributed by atoms with Crippen LogP contribution in [0.2, 0.25) is 0 Å². The average Bonchev–Trinajstić information content (AvgIpc) is 3.51. The molecule has 2 amide bonds. The molecule has 1 aromatic heterocycles. The summed E-state index contributed by atoms with van der Waals surface area (Å²) in [6.07, 6.45) is 3.73. The summed E-state index contributed by atoms with van der Waals surface area (Å²) in [5.74, 6) is -0.0781. The van der Waals surface area contributed by atoms with Crippen LogP contribution in [0.15, 0.2) is 77.8 Å². The number of amides is 2. The van der Waals surface area contributed by atoms with E-state index in [-0.39, 0.29) is 17.5 Å². The van der Waals surface area contributed by atoms with Crippen molar-refractivity contribution in [3.8, 4) is 5.75 Å². The Morgan fingerprint density at radius 2 is 1.73 bits per heavy atom. The summed E-state index contributed by atoms with van der Waals surface area (Å²) in [5, 5.41) is 9.98. The molecule has 0 saturated carbocycles. The Bertz CT molecular complexity index is 1360. The van der Waals surface area contributed by atoms with Gasteiger partial charge in [-0.15, -0.1) is 11.3 Å². The van der Waals surface area contributed by atoms with Crippen molar-refractivity contribution in [1.82, 2.24) is 5.32 Å². The van der Waals surface area contributed by atoms with Crippen LogP contribution in [-0.4, -0.2) is 18.9 Å². The fourth-order valence-corrected chi connectivity index (χ4v) is 4.81. The van der Waals surface area contributed by atoms with E-state index in [1.54, 1.807) is 37.5 Å². The number of carbonyl (C=O) groups excluding carboxylic acids is 2. The predicted octanol–water partition coefficient (Wildman–Crippen LogP) is 5.42. The first-order valence-corrected chi connectivity index (χ1v) is 11.6. The van der Waals surface area contributed by atoms with Gasteiger partial charge in [-0.3, -0.25) is 9.59 Å². The van der Waals surface area contributed by atoms with E-state index >= 15 is 0 Å². The van der Waals surface area contributed by atoms with Crippen molar-refractivity contribution in [2.24, 2.45) is 0 Å². The van der Waals surface area contributed by atoms with Gasteiger partial charge < -0.3 is 15.4 Å². The first kappa shape index (κ1) is 21.0. The van der Waals surface area contributed by atoms with Crippen LogP contribution in [0, 0.1) is 0 Å². The van der Waals surface area contributed by atoms with Gasteiger partial charge in [0.05, 0.1) is 7.11 Å². The Kier molecular flexibility index (Phi) is 5.67. The van der Waals surface area contributed by atoms with Crippen LogP contribution in [-0.2, 0) is 17.6 Å². The zero-order valence-electron chi connectivity index (χ0n) is 18.1. The summed E-state index contributed by atoms with van der Waals surface area (Å²) in [6, 6.07) is 20.8. The third-order valence-electron chi connectivity index (χ3n) is 5.80. The number of nitrogens with one attached hydrogen (secondary N) is 2. The van der Waals surface area contributed by atoms with Gasteiger partial charge in [0.15, 0.2) is 0 Å². The number of anilines is 1. The van der Waals surface area contributed by atoms with Crippen LogP contribution in [0.4, 0.5) is 5.69 Å². The normalized spacial score (nSPS) is 12.6. The third kappa shape index (κ3) is 4.25. The maximum absolute atomic E-state index is 13.3. The third-order valence-corrected chi connectivity index (χ3v) is 6.62. The molecule has 0 bridgehead atoms. The quantitative estimate of drug-likeness (QED) is 0.383. The number of methoxy groups -OCH3 is 1. The highest BCUT2D eigenvalue weighted by molar-refractivity contribution is 7.10. The van der Waals surface area contributed by atoms with E-state index in [0.717, 1.165) is 28.8 Å². The van der Waals surface area contributed by atoms with Crippen molar-refractivity contribution in [3.05, 3.63) is 99.4 Å². The molecule has 1 heterocycles. The lowest BCUT2D eigenvalue weighted by Crippen LogP contribution is -2.30. The number of aryl methyl sites for hydroxylation is 2. The number of rotatable bonds is 6. The second kappa shape index (κ2) is 8.92. The van der Waals surface area contributed by atoms with Gasteiger partial charge in [-0.1, -0.05) is 30.3 Å². The molecule has 0 spiro atoms. The number of hydrogen-bond donors (Lipinski definition) is 2. The minimum atomic E-state index is -0.371. The van der Waals surface area contributed by atoms with Crippen molar-refractivity contribution in [2.45, 2.75) is 12.8 Å². The van der Waals surface area contributed by atoms with Gasteiger partial charge in [0.2, 0.25) is 0 Å². The van der Waals surface area contributed by atoms with Gasteiger partial charge in [-0.2, -0.15) is 0 Å². The zero-order chi connectivity index (χ0) is 22.8. The van der Waals surface area contributed by atoms with Gasteiger partial charge in [-0.25, -0.2) is 0 Å². The number of thiophene rings is 1. The van der Waals surface area contributed by atoms with Gasteiger partial charge in [-0.05, 0) is 77.2 Å². The summed E-state index contributed by atoms with van der Waals surface area (Å²) in [4.78, 5) is 27.1. The van der Waals surface area contributed by atoms with Crippen LogP contribution in [0.25, 0.3) is 16.8 Å². The highest BCUT2D eigenvalue weighted by atomic mass is 32.1. The number of carbonyl (C=O) groups is 2. The van der Waals surface area contributed by atoms with E-state index < -0.39 is 0 Å². The molecule has 0 saturated heterocycles. The smallest absolute Gasteiger partial charge is 0.272 e. The van der Waals surface area contributed by atoms with Crippen LogP contribution in [0.5, 0.6) is 5.75 Å². The molecule has 0 unspecified atom stereocenters. The SMILES string of the molecule is COc1ccc(C(=O)N/C(=C\c2cccs2)C(=O)Nc2ccc3c4c(cccc24)CC3)cc1. The molecule has 5 nitrogen and oxygen atoms in total. The summed E-state index contributed by atoms with van der Waals surface area (Å²) < 4.78 is 5.16. The van der Waals surface area contributed by atoms with E-state index in [0.29, 0.717) is 11.3 Å². The first-order valence-electron chi connectivity index (χ1n) is 10.7. The molecule has 3 aromatic carbocycles. The topological polar surface area (TPSA) is 67.4 Å². The Hall–Kier alpha value is -3.90. The summed E-state index contributed by atoms with van der Waals surface area (Å²) in [6.45, 7) is 0. The fourth-order valence-electron chi connectivity index (χ4n) is 4.16. The van der Waals surface area contributed by atoms with Gasteiger partial charge >= 0.3 is 0 Å². The average molecular weight is 455 g/mol. The summed E-state index contributed by atoms with van der Waals surface area (Å²) >= 11 is 1.49. The van der Waals surface area contributed by atoms with Crippen LogP contribution in [0.3, 0.4) is 0 Å². The standard InChI is InChI=1S/C27H22N2O3S/c1-32-20-12-9-19(10-13-20)26(30)29-24(16-21-5-3-15-33-21)27(31)28-23-14-11-18-8-7-17-4-2-6-22(23)25(17)18/h2-6,9-16H,7-8H2,1H3,(H,28,31)(H,29,30)/b24-16-. The van der Waals surface area contributed by atoms with Gasteiger partial charge in [0, 0.05) is 21.5 Å². The lowest BCUT2D eigenvalue weighted by atomic mass is 10.0. The van der Waals surface area contributed by atoms with E-state index in [2.05, 4.69) is 22.8 Å². The number of ether oxygens (including phenoxy) is 1. The van der Waals surface area contributed by atoms with Crippen molar-refractivity contribution < 1.29 is 14.3 Å². The maximum atomic E-state index is 13.3. The molecule has 2 N–H and O–H groups in total. The molecule has 0 atom stereocenters. The highest BCUT2D eigenvalue weighted by Gasteiger charge is 2.19. The predicted molar refractivity (Wildman–Crippen MR) is 133 cm³/mol. The molecule has 0 aliphatic heterocycles. The van der Waals surface area contributed by atoms with Crippen molar-refractivity contribution in [3.63, 3.8) is 0 Å². The second-order valence-corrected chi connectivity index (χ2v) is 8.80. The largest absolute Gasteiger partial charge is 0.497 e. The van der Waals surface area contributed by atoms with E-state index in [1.807, 2.05) is 35.7 Å². The van der Waals surface area contributed by atoms with Crippen LogP contribution < -0.4 is 15.4 Å². The second-order valence-electron chi connectivity index (χ2n) is 7.82. The molecule has 0 fully saturated rings. The fraction of sp³-hybridized carbons (Fsp3) is 0.111. The lowest BCUT2D eigenvalue weighted by molar-refractivity contribution is -0.113. The minimum Gasteiger partial charge on any atom is -0.497 e. The number of hydrogen-bond acceptors (Lipinski definition) is 4. The molecule has 1 aliphatic rings. The minimum absolute atomic E-state index is 0.182. The molecular weight excluding hydrogens is 432 g/mol. The summed E-state index contributed by atoms with van der Waals surface area (Å²) in [5.41, 5.74) is 3.97. The molecule has 164 valence electrons. The highest BCUT2D eigenvalue weighted by Crippen LogP contribution is 2.35. The molecule has 0 radical (unpaired) electrons. The Morgan fingerprint density at radius 3 is 2.45 bits per heavy atom. The van der Waals surface area contributed by atoms with E-state index in [4.69, 9.17) is 4.74 Å². The molecule has 1 aliphatic carbocycles. The van der Waals surface area contributed by atoms with Crippen LogP contribution >= 0.6 is 11.3 Å². The summed E-state index contributed by atoms with van der Waals surface area (Å²) in [7, 11) is 1.57. The molecule has 6 heteroatoms. The Morgan fingerprint density at radius 1 is 0.939 bits per heavy atom. The monoisotopic (exact) mass is 454 g/mol. The van der Waals surface area contributed by atoms with Gasteiger partial charge in [0.25, 0.3) is 11.8 Å². The van der Waals surface area contributed by atoms with E-state index in [1.165, 1.54) is 27.8 Å². The molecule has 5 rings (SSSR count). The Balaban J connectivity index is 1.44. The lowest BCUT2D eigenvalue weighted by Gasteiger charge is -2.14. The maximum Gasteiger partial charge on any atom is 0.272 e. The number of benzene rings is 3. The van der Waals surface area contributed by atoms with Crippen molar-refractivity contribution in [1.29, 1.82) is 0 Å². The van der Waals surface area contributed by atoms with E-state index in [9.17, 15) is 9.59 Å². The van der Waals surface area contributed by atoms with Crippen LogP contribution in [0.1, 0.15) is 26.4 Å². The van der Waals surface area contributed by atoms with Gasteiger partial charge in [0.1, 0.15) is 11.4 Å². The Labute approximate surface area is 195 Å².